The fraction of sp³-hybridized carbons (Fsp3) is 0. The van der Waals surface area contributed by atoms with Crippen LogP contribution in [-0.2, 0) is 0 Å². The van der Waals surface area contributed by atoms with E-state index in [1.54, 1.807) is 5.51 Å². The minimum Gasteiger partial charge on any atom is -0.346 e. The van der Waals surface area contributed by atoms with Gasteiger partial charge in [0.05, 0.1) is 6.20 Å². The molecule has 0 saturated heterocycles. The fourth-order valence-electron chi connectivity index (χ4n) is 0.272. The molecule has 0 fully saturated rings. The van der Waals surface area contributed by atoms with E-state index in [-0.39, 0.29) is 0 Å². The quantitative estimate of drug-likeness (QED) is 0.559. The van der Waals surface area contributed by atoms with Gasteiger partial charge >= 0.3 is 0 Å². The van der Waals surface area contributed by atoms with Gasteiger partial charge in [-0.3, -0.25) is 0 Å². The van der Waals surface area contributed by atoms with Crippen LogP contribution in [0.5, 0.6) is 0 Å². The Labute approximate surface area is 60.9 Å². The van der Waals surface area contributed by atoms with Crippen molar-refractivity contribution in [2.75, 3.05) is 0 Å². The van der Waals surface area contributed by atoms with Crippen molar-refractivity contribution in [1.82, 2.24) is 19.7 Å². The molecule has 6 heteroatoms. The molecule has 0 saturated carbocycles. The fourth-order valence-corrected chi connectivity index (χ4v) is 0.544. The highest BCUT2D eigenvalue weighted by molar-refractivity contribution is 7.03. The van der Waals surface area contributed by atoms with E-state index in [9.17, 15) is 0 Å². The van der Waals surface area contributed by atoms with Crippen LogP contribution in [0.15, 0.2) is 28.8 Å². The summed E-state index contributed by atoms with van der Waals surface area (Å²) in [5.74, 6) is 0. The van der Waals surface area contributed by atoms with Crippen molar-refractivity contribution in [2.24, 2.45) is 0 Å². The molecule has 0 unspecified atom stereocenters. The third-order valence-corrected chi connectivity index (χ3v) is 0.997. The molecule has 0 aliphatic rings. The summed E-state index contributed by atoms with van der Waals surface area (Å²) in [6, 6.07) is 0. The highest BCUT2D eigenvalue weighted by atomic mass is 32.1. The van der Waals surface area contributed by atoms with Gasteiger partial charge in [0.2, 0.25) is 0 Å². The van der Waals surface area contributed by atoms with Crippen LogP contribution in [0.4, 0.5) is 0 Å². The van der Waals surface area contributed by atoms with Crippen LogP contribution in [0.2, 0.25) is 0 Å². The summed E-state index contributed by atoms with van der Waals surface area (Å²) in [5, 5.41) is 6.40. The van der Waals surface area contributed by atoms with Gasteiger partial charge in [0, 0.05) is 5.27 Å². The van der Waals surface area contributed by atoms with Crippen molar-refractivity contribution in [3.05, 3.63) is 24.3 Å². The van der Waals surface area contributed by atoms with E-state index in [1.165, 1.54) is 30.3 Å². The normalized spacial score (nSPS) is 8.00. The molecule has 0 aromatic carbocycles. The summed E-state index contributed by atoms with van der Waals surface area (Å²) in [4.78, 5) is 3.63. The van der Waals surface area contributed by atoms with Gasteiger partial charge < -0.3 is 4.52 Å². The smallest absolute Gasteiger partial charge is 0.144 e. The zero-order valence-corrected chi connectivity index (χ0v) is 5.73. The molecule has 2 aromatic heterocycles. The molecule has 0 N–H and O–H groups in total. The van der Waals surface area contributed by atoms with Gasteiger partial charge in [-0.25, -0.2) is 4.98 Å². The Morgan fingerprint density at radius 3 is 2.60 bits per heavy atom. The Hall–Kier alpha value is -1.30. The molecule has 52 valence electrons. The van der Waals surface area contributed by atoms with Crippen LogP contribution >= 0.6 is 11.5 Å². The standard InChI is InChI=1S/C2H2N2O.C2H2N2S/c1-2-5-4-3-1;1-3-2-5-4-1/h2*1-2H. The minimum atomic E-state index is 1.35. The second kappa shape index (κ2) is 4.57. The van der Waals surface area contributed by atoms with E-state index < -0.39 is 0 Å². The lowest BCUT2D eigenvalue weighted by molar-refractivity contribution is 0.393. The summed E-state index contributed by atoms with van der Waals surface area (Å²) >= 11 is 1.35. The highest BCUT2D eigenvalue weighted by Crippen LogP contribution is 1.77. The number of hydrogen-bond donors (Lipinski definition) is 0. The summed E-state index contributed by atoms with van der Waals surface area (Å²) < 4.78 is 7.88. The lowest BCUT2D eigenvalue weighted by Crippen LogP contribution is -1.53. The molecule has 0 atom stereocenters. The first-order chi connectivity index (χ1) is 5.00. The topological polar surface area (TPSA) is 64.7 Å². The maximum Gasteiger partial charge on any atom is 0.144 e. The van der Waals surface area contributed by atoms with Gasteiger partial charge in [0.25, 0.3) is 0 Å². The second-order valence-corrected chi connectivity index (χ2v) is 1.80. The average molecular weight is 156 g/mol. The SMILES string of the molecule is c1conn1.c1ncsn1. The van der Waals surface area contributed by atoms with E-state index in [0.717, 1.165) is 0 Å². The van der Waals surface area contributed by atoms with Gasteiger partial charge in [-0.05, 0) is 11.5 Å². The Balaban J connectivity index is 0.0000001000. The molecule has 0 aliphatic carbocycles. The molecule has 2 aromatic rings. The zero-order valence-electron chi connectivity index (χ0n) is 4.91. The Morgan fingerprint density at radius 1 is 1.40 bits per heavy atom. The first kappa shape index (κ1) is 6.81. The molecule has 5 nitrogen and oxygen atoms in total. The van der Waals surface area contributed by atoms with E-state index in [1.807, 2.05) is 0 Å². The van der Waals surface area contributed by atoms with Crippen LogP contribution in [0, 0.1) is 0 Å². The third-order valence-electron chi connectivity index (χ3n) is 0.565. The largest absolute Gasteiger partial charge is 0.346 e. The first-order valence-electron chi connectivity index (χ1n) is 2.40. The predicted molar refractivity (Wildman–Crippen MR) is 34.2 cm³/mol. The van der Waals surface area contributed by atoms with Gasteiger partial charge in [0.1, 0.15) is 18.1 Å². The number of rotatable bonds is 0. The summed E-state index contributed by atoms with van der Waals surface area (Å²) in [6.07, 6.45) is 4.39. The molecule has 0 aliphatic heterocycles. The summed E-state index contributed by atoms with van der Waals surface area (Å²) in [6.45, 7) is 0. The molecule has 0 amide bonds. The monoisotopic (exact) mass is 156 g/mol. The van der Waals surface area contributed by atoms with Crippen LogP contribution in [-0.4, -0.2) is 19.7 Å². The maximum atomic E-state index is 4.22. The summed E-state index contributed by atoms with van der Waals surface area (Å²) in [7, 11) is 0. The van der Waals surface area contributed by atoms with Crippen molar-refractivity contribution in [3.63, 3.8) is 0 Å². The van der Waals surface area contributed by atoms with Crippen molar-refractivity contribution in [1.29, 1.82) is 0 Å². The van der Waals surface area contributed by atoms with Crippen LogP contribution in [0.1, 0.15) is 0 Å². The van der Waals surface area contributed by atoms with Crippen molar-refractivity contribution in [3.8, 4) is 0 Å². The van der Waals surface area contributed by atoms with E-state index in [4.69, 9.17) is 0 Å². The van der Waals surface area contributed by atoms with Crippen LogP contribution in [0.25, 0.3) is 0 Å². The van der Waals surface area contributed by atoms with Gasteiger partial charge in [-0.2, -0.15) is 4.37 Å². The molecule has 0 bridgehead atoms. The van der Waals surface area contributed by atoms with Crippen LogP contribution < -0.4 is 0 Å². The molecule has 0 spiro atoms. The van der Waals surface area contributed by atoms with E-state index in [2.05, 4.69) is 24.3 Å². The average Bonchev–Trinajstić information content (AvgIpc) is 2.67. The van der Waals surface area contributed by atoms with E-state index >= 15 is 0 Å². The number of aromatic nitrogens is 4. The van der Waals surface area contributed by atoms with E-state index in [0.29, 0.717) is 0 Å². The molecule has 2 rings (SSSR count). The van der Waals surface area contributed by atoms with Crippen molar-refractivity contribution in [2.45, 2.75) is 0 Å². The van der Waals surface area contributed by atoms with Crippen molar-refractivity contribution < 1.29 is 4.52 Å². The van der Waals surface area contributed by atoms with Gasteiger partial charge in [-0.1, -0.05) is 0 Å². The highest BCUT2D eigenvalue weighted by Gasteiger charge is 1.61. The lowest BCUT2D eigenvalue weighted by Gasteiger charge is -1.45. The minimum absolute atomic E-state index is 1.35. The third kappa shape index (κ3) is 2.88. The zero-order chi connectivity index (χ0) is 7.07. The number of nitrogens with zero attached hydrogens (tertiary/aromatic N) is 4. The predicted octanol–water partition coefficient (Wildman–Crippen LogP) is 0.608. The van der Waals surface area contributed by atoms with Crippen molar-refractivity contribution >= 4 is 11.5 Å². The summed E-state index contributed by atoms with van der Waals surface area (Å²) in [5.41, 5.74) is 1.68. The lowest BCUT2D eigenvalue weighted by atomic mass is 11.0. The molecule has 2 heterocycles. The maximum absolute atomic E-state index is 4.22. The van der Waals surface area contributed by atoms with Crippen LogP contribution in [0.3, 0.4) is 0 Å². The van der Waals surface area contributed by atoms with Gasteiger partial charge in [-0.15, -0.1) is 5.10 Å². The Kier molecular flexibility index (Phi) is 3.11. The number of hydrogen-bond acceptors (Lipinski definition) is 6. The molecular formula is C4H4N4OS. The Bertz CT molecular complexity index is 156. The molecule has 0 radical (unpaired) electrons. The first-order valence-corrected chi connectivity index (χ1v) is 3.24. The van der Waals surface area contributed by atoms with Gasteiger partial charge in [0.15, 0.2) is 0 Å². The Morgan fingerprint density at radius 2 is 2.40 bits per heavy atom. The second-order valence-electron chi connectivity index (χ2n) is 1.17. The molecular weight excluding hydrogens is 152 g/mol. The molecule has 10 heavy (non-hydrogen) atoms.